The summed E-state index contributed by atoms with van der Waals surface area (Å²) in [5.74, 6) is -6.15. The van der Waals surface area contributed by atoms with Crippen molar-refractivity contribution < 1.29 is 31.5 Å². The Morgan fingerprint density at radius 1 is 1.35 bits per heavy atom. The van der Waals surface area contributed by atoms with E-state index in [4.69, 9.17) is 5.11 Å². The summed E-state index contributed by atoms with van der Waals surface area (Å²) >= 11 is 0. The van der Waals surface area contributed by atoms with Gasteiger partial charge in [-0.2, -0.15) is 4.72 Å². The van der Waals surface area contributed by atoms with Gasteiger partial charge in [-0.1, -0.05) is 6.08 Å². The first kappa shape index (κ1) is 16.2. The monoisotopic (exact) mass is 309 g/mol. The van der Waals surface area contributed by atoms with Gasteiger partial charge in [-0.05, 0) is 6.42 Å². The molecule has 1 rings (SSSR count). The highest BCUT2D eigenvalue weighted by molar-refractivity contribution is 7.89. The highest BCUT2D eigenvalue weighted by atomic mass is 32.2. The van der Waals surface area contributed by atoms with Crippen molar-refractivity contribution in [2.75, 3.05) is 0 Å². The smallest absolute Gasteiger partial charge is 0.322 e. The maximum Gasteiger partial charge on any atom is 0.322 e. The van der Waals surface area contributed by atoms with Gasteiger partial charge in [-0.15, -0.1) is 6.58 Å². The third-order valence-electron chi connectivity index (χ3n) is 2.23. The van der Waals surface area contributed by atoms with E-state index in [1.165, 1.54) is 0 Å². The van der Waals surface area contributed by atoms with Crippen LogP contribution in [-0.2, 0) is 14.8 Å². The Bertz CT molecular complexity index is 622. The Labute approximate surface area is 112 Å². The average molecular weight is 309 g/mol. The molecular weight excluding hydrogens is 299 g/mol. The zero-order valence-electron chi connectivity index (χ0n) is 9.94. The molecule has 0 radical (unpaired) electrons. The highest BCUT2D eigenvalue weighted by Crippen LogP contribution is 2.20. The molecule has 0 heterocycles. The molecule has 1 aromatic rings. The Balaban J connectivity index is 3.24. The SMILES string of the molecule is C=CCC(NS(=O)(=O)c1c(F)cc(F)cc1F)C(=O)O. The van der Waals surface area contributed by atoms with E-state index in [2.05, 4.69) is 6.58 Å². The predicted octanol–water partition coefficient (Wildman–Crippen LogP) is 1.41. The van der Waals surface area contributed by atoms with Crippen LogP contribution in [0.1, 0.15) is 6.42 Å². The third-order valence-corrected chi connectivity index (χ3v) is 3.75. The summed E-state index contributed by atoms with van der Waals surface area (Å²) < 4.78 is 64.6. The van der Waals surface area contributed by atoms with E-state index in [1.54, 1.807) is 4.72 Å². The maximum atomic E-state index is 13.4. The number of halogens is 3. The van der Waals surface area contributed by atoms with E-state index < -0.39 is 44.4 Å². The van der Waals surface area contributed by atoms with E-state index >= 15 is 0 Å². The lowest BCUT2D eigenvalue weighted by Crippen LogP contribution is -2.41. The number of carboxylic acids is 1. The molecule has 1 aromatic carbocycles. The molecule has 5 nitrogen and oxygen atoms in total. The summed E-state index contributed by atoms with van der Waals surface area (Å²) in [6.07, 6.45) is 0.831. The summed E-state index contributed by atoms with van der Waals surface area (Å²) in [7, 11) is -4.80. The van der Waals surface area contributed by atoms with Crippen molar-refractivity contribution in [3.05, 3.63) is 42.2 Å². The number of hydrogen-bond acceptors (Lipinski definition) is 3. The fourth-order valence-corrected chi connectivity index (χ4v) is 2.72. The molecule has 0 saturated heterocycles. The number of carbonyl (C=O) groups is 1. The summed E-state index contributed by atoms with van der Waals surface area (Å²) in [5.41, 5.74) is 0. The summed E-state index contributed by atoms with van der Waals surface area (Å²) in [6.45, 7) is 3.24. The molecular formula is C11H10F3NO4S. The predicted molar refractivity (Wildman–Crippen MR) is 62.9 cm³/mol. The molecule has 20 heavy (non-hydrogen) atoms. The molecule has 0 aliphatic heterocycles. The third kappa shape index (κ3) is 3.58. The standard InChI is InChI=1S/C11H10F3NO4S/c1-2-3-9(11(16)17)15-20(18,19)10-7(13)4-6(12)5-8(10)14/h2,4-5,9,15H,1,3H2,(H,16,17). The van der Waals surface area contributed by atoms with Gasteiger partial charge in [0.25, 0.3) is 0 Å². The second kappa shape index (κ2) is 6.06. The van der Waals surface area contributed by atoms with Gasteiger partial charge in [0, 0.05) is 12.1 Å². The number of rotatable bonds is 6. The minimum Gasteiger partial charge on any atom is -0.480 e. The van der Waals surface area contributed by atoms with Gasteiger partial charge in [-0.25, -0.2) is 21.6 Å². The molecule has 1 unspecified atom stereocenters. The molecule has 0 spiro atoms. The maximum absolute atomic E-state index is 13.4. The molecule has 0 bridgehead atoms. The zero-order chi connectivity index (χ0) is 15.5. The molecule has 9 heteroatoms. The van der Waals surface area contributed by atoms with Gasteiger partial charge >= 0.3 is 5.97 Å². The Morgan fingerprint density at radius 2 is 1.85 bits per heavy atom. The first-order valence-corrected chi connectivity index (χ1v) is 6.68. The highest BCUT2D eigenvalue weighted by Gasteiger charge is 2.30. The lowest BCUT2D eigenvalue weighted by molar-refractivity contribution is -0.138. The van der Waals surface area contributed by atoms with Crippen LogP contribution < -0.4 is 4.72 Å². The van der Waals surface area contributed by atoms with Crippen molar-refractivity contribution in [2.24, 2.45) is 0 Å². The molecule has 0 saturated carbocycles. The van der Waals surface area contributed by atoms with Gasteiger partial charge in [-0.3, -0.25) is 4.79 Å². The van der Waals surface area contributed by atoms with Gasteiger partial charge in [0.15, 0.2) is 4.90 Å². The van der Waals surface area contributed by atoms with Crippen LogP contribution in [0.15, 0.2) is 29.7 Å². The van der Waals surface area contributed by atoms with Crippen molar-refractivity contribution in [1.29, 1.82) is 0 Å². The number of benzene rings is 1. The molecule has 0 aromatic heterocycles. The zero-order valence-corrected chi connectivity index (χ0v) is 10.8. The van der Waals surface area contributed by atoms with Crippen LogP contribution >= 0.6 is 0 Å². The number of nitrogens with one attached hydrogen (secondary N) is 1. The van der Waals surface area contributed by atoms with Crippen molar-refractivity contribution >= 4 is 16.0 Å². The fourth-order valence-electron chi connectivity index (χ4n) is 1.40. The Kier molecular flexibility index (Phi) is 4.90. The van der Waals surface area contributed by atoms with E-state index in [0.717, 1.165) is 6.08 Å². The van der Waals surface area contributed by atoms with Crippen molar-refractivity contribution in [2.45, 2.75) is 17.4 Å². The minimum absolute atomic E-state index is 0.181. The number of carboxylic acid groups (broad SMARTS) is 1. The summed E-state index contributed by atoms with van der Waals surface area (Å²) in [6, 6.07) is -1.27. The first-order chi connectivity index (χ1) is 9.19. The minimum atomic E-state index is -4.80. The van der Waals surface area contributed by atoms with Crippen LogP contribution in [0, 0.1) is 17.5 Å². The van der Waals surface area contributed by atoms with Crippen molar-refractivity contribution in [3.63, 3.8) is 0 Å². The van der Waals surface area contributed by atoms with Gasteiger partial charge < -0.3 is 5.11 Å². The molecule has 0 fully saturated rings. The molecule has 2 N–H and O–H groups in total. The van der Waals surface area contributed by atoms with Gasteiger partial charge in [0.05, 0.1) is 0 Å². The summed E-state index contributed by atoms with van der Waals surface area (Å²) in [4.78, 5) is 9.36. The molecule has 0 aliphatic rings. The van der Waals surface area contributed by atoms with Crippen LogP contribution in [0.3, 0.4) is 0 Å². The molecule has 0 amide bonds. The number of sulfonamides is 1. The number of hydrogen-bond donors (Lipinski definition) is 2. The normalized spacial score (nSPS) is 12.9. The lowest BCUT2D eigenvalue weighted by Gasteiger charge is -2.14. The molecule has 0 aliphatic carbocycles. The van der Waals surface area contributed by atoms with E-state index in [9.17, 15) is 26.4 Å². The molecule has 1 atom stereocenters. The topological polar surface area (TPSA) is 83.5 Å². The van der Waals surface area contributed by atoms with Crippen LogP contribution in [0.4, 0.5) is 13.2 Å². The van der Waals surface area contributed by atoms with E-state index in [1.807, 2.05) is 0 Å². The first-order valence-electron chi connectivity index (χ1n) is 5.19. The summed E-state index contributed by atoms with van der Waals surface area (Å²) in [5, 5.41) is 8.78. The molecule has 110 valence electrons. The fraction of sp³-hybridized carbons (Fsp3) is 0.182. The van der Waals surface area contributed by atoms with Crippen molar-refractivity contribution in [3.8, 4) is 0 Å². The second-order valence-corrected chi connectivity index (χ2v) is 5.39. The van der Waals surface area contributed by atoms with E-state index in [-0.39, 0.29) is 18.6 Å². The van der Waals surface area contributed by atoms with Crippen LogP contribution in [-0.4, -0.2) is 25.5 Å². The van der Waals surface area contributed by atoms with Crippen LogP contribution in [0.25, 0.3) is 0 Å². The van der Waals surface area contributed by atoms with Gasteiger partial charge in [0.1, 0.15) is 23.5 Å². The Morgan fingerprint density at radius 3 is 2.25 bits per heavy atom. The van der Waals surface area contributed by atoms with Crippen LogP contribution in [0.5, 0.6) is 0 Å². The quantitative estimate of drug-likeness (QED) is 0.778. The second-order valence-electron chi connectivity index (χ2n) is 3.74. The van der Waals surface area contributed by atoms with Gasteiger partial charge in [0.2, 0.25) is 10.0 Å². The van der Waals surface area contributed by atoms with Crippen molar-refractivity contribution in [1.82, 2.24) is 4.72 Å². The average Bonchev–Trinajstić information content (AvgIpc) is 2.25. The Hall–Kier alpha value is -1.87. The van der Waals surface area contributed by atoms with Crippen LogP contribution in [0.2, 0.25) is 0 Å². The van der Waals surface area contributed by atoms with E-state index in [0.29, 0.717) is 0 Å². The largest absolute Gasteiger partial charge is 0.480 e. The number of aliphatic carboxylic acids is 1. The lowest BCUT2D eigenvalue weighted by atomic mass is 10.2.